The minimum atomic E-state index is -0.820. The maximum absolute atomic E-state index is 12.0. The molecule has 122 valence electrons. The third-order valence-corrected chi connectivity index (χ3v) is 4.06. The minimum absolute atomic E-state index is 0.178. The van der Waals surface area contributed by atoms with E-state index in [0.29, 0.717) is 19.4 Å². The Kier molecular flexibility index (Phi) is 6.45. The fraction of sp³-hybridized carbons (Fsp3) is 0.867. The minimum Gasteiger partial charge on any atom is -0.481 e. The molecular formula is C15H28N2O4. The molecule has 0 aliphatic heterocycles. The Morgan fingerprint density at radius 2 is 1.76 bits per heavy atom. The smallest absolute Gasteiger partial charge is 0.315 e. The molecule has 1 aliphatic rings. The molecule has 6 nitrogen and oxygen atoms in total. The lowest BCUT2D eigenvalue weighted by molar-refractivity contribution is -0.149. The summed E-state index contributed by atoms with van der Waals surface area (Å²) < 4.78 is 5.04. The normalized spacial score (nSPS) is 18.6. The van der Waals surface area contributed by atoms with E-state index in [2.05, 4.69) is 10.6 Å². The van der Waals surface area contributed by atoms with Gasteiger partial charge in [-0.3, -0.25) is 4.79 Å². The quantitative estimate of drug-likeness (QED) is 0.656. The van der Waals surface area contributed by atoms with Crippen molar-refractivity contribution in [2.75, 3.05) is 20.3 Å². The summed E-state index contributed by atoms with van der Waals surface area (Å²) in [4.78, 5) is 23.6. The number of hydrogen-bond acceptors (Lipinski definition) is 3. The zero-order chi connectivity index (χ0) is 15.9. The van der Waals surface area contributed by atoms with Crippen molar-refractivity contribution in [3.05, 3.63) is 0 Å². The van der Waals surface area contributed by atoms with E-state index < -0.39 is 16.9 Å². The first-order chi connectivity index (χ1) is 9.81. The van der Waals surface area contributed by atoms with Gasteiger partial charge in [0.15, 0.2) is 0 Å². The Bertz CT molecular complexity index is 361. The third-order valence-electron chi connectivity index (χ3n) is 4.06. The van der Waals surface area contributed by atoms with Crippen molar-refractivity contribution < 1.29 is 19.4 Å². The summed E-state index contributed by atoms with van der Waals surface area (Å²) in [6, 6.07) is -0.345. The van der Waals surface area contributed by atoms with Crippen LogP contribution in [0.4, 0.5) is 4.79 Å². The van der Waals surface area contributed by atoms with Crippen molar-refractivity contribution in [1.29, 1.82) is 0 Å². The van der Waals surface area contributed by atoms with Crippen LogP contribution in [0.25, 0.3) is 0 Å². The van der Waals surface area contributed by atoms with Crippen LogP contribution in [0.3, 0.4) is 0 Å². The second-order valence-electron chi connectivity index (χ2n) is 6.62. The number of urea groups is 1. The van der Waals surface area contributed by atoms with Crippen LogP contribution < -0.4 is 10.6 Å². The number of methoxy groups -OCH3 is 1. The predicted molar refractivity (Wildman–Crippen MR) is 80.3 cm³/mol. The summed E-state index contributed by atoms with van der Waals surface area (Å²) in [5.41, 5.74) is -1.31. The van der Waals surface area contributed by atoms with Gasteiger partial charge in [0.2, 0.25) is 0 Å². The Hall–Kier alpha value is -1.30. The first kappa shape index (κ1) is 17.8. The molecule has 1 rings (SSSR count). The Morgan fingerprint density at radius 3 is 2.24 bits per heavy atom. The summed E-state index contributed by atoms with van der Waals surface area (Å²) in [7, 11) is 1.58. The topological polar surface area (TPSA) is 87.7 Å². The fourth-order valence-electron chi connectivity index (χ4n) is 2.87. The molecule has 0 aromatic carbocycles. The number of carboxylic acid groups (broad SMARTS) is 1. The average Bonchev–Trinajstić information content (AvgIpc) is 2.62. The number of ether oxygens (including phenoxy) is 1. The molecule has 0 radical (unpaired) electrons. The van der Waals surface area contributed by atoms with E-state index in [-0.39, 0.29) is 12.6 Å². The molecule has 0 aromatic rings. The molecule has 0 heterocycles. The van der Waals surface area contributed by atoms with Crippen LogP contribution in [0.1, 0.15) is 52.4 Å². The largest absolute Gasteiger partial charge is 0.481 e. The summed E-state index contributed by atoms with van der Waals surface area (Å²) in [6.07, 6.45) is 5.22. The highest BCUT2D eigenvalue weighted by Crippen LogP contribution is 2.34. The summed E-state index contributed by atoms with van der Waals surface area (Å²) in [5.74, 6) is -0.805. The van der Waals surface area contributed by atoms with Crippen LogP contribution in [0.2, 0.25) is 0 Å². The van der Waals surface area contributed by atoms with Crippen molar-refractivity contribution >= 4 is 12.0 Å². The molecule has 0 bridgehead atoms. The van der Waals surface area contributed by atoms with Gasteiger partial charge in [-0.05, 0) is 26.7 Å². The maximum Gasteiger partial charge on any atom is 0.315 e. The average molecular weight is 300 g/mol. The number of hydrogen-bond donors (Lipinski definition) is 3. The molecule has 0 spiro atoms. The lowest BCUT2D eigenvalue weighted by Crippen LogP contribution is -2.53. The van der Waals surface area contributed by atoms with Gasteiger partial charge in [0.1, 0.15) is 0 Å². The van der Waals surface area contributed by atoms with Gasteiger partial charge in [0.05, 0.1) is 17.6 Å². The van der Waals surface area contributed by atoms with Gasteiger partial charge in [-0.25, -0.2) is 4.79 Å². The van der Waals surface area contributed by atoms with E-state index in [1.807, 2.05) is 13.8 Å². The standard InChI is InChI=1S/C15H28N2O4/c1-14(2,11-21-3)17-13(20)16-10-15(12(18)19)8-6-4-5-7-9-15/h4-11H2,1-3H3,(H,18,19)(H2,16,17,20). The van der Waals surface area contributed by atoms with Crippen molar-refractivity contribution in [3.8, 4) is 0 Å². The molecule has 1 saturated carbocycles. The third kappa shape index (κ3) is 5.53. The highest BCUT2D eigenvalue weighted by Gasteiger charge is 2.39. The lowest BCUT2D eigenvalue weighted by Gasteiger charge is -2.30. The van der Waals surface area contributed by atoms with Gasteiger partial charge in [-0.15, -0.1) is 0 Å². The number of carboxylic acids is 1. The van der Waals surface area contributed by atoms with Gasteiger partial charge in [-0.1, -0.05) is 25.7 Å². The molecule has 0 aromatic heterocycles. The molecular weight excluding hydrogens is 272 g/mol. The van der Waals surface area contributed by atoms with Gasteiger partial charge >= 0.3 is 12.0 Å². The SMILES string of the molecule is COCC(C)(C)NC(=O)NCC1(C(=O)O)CCCCCC1. The van der Waals surface area contributed by atoms with Crippen molar-refractivity contribution in [1.82, 2.24) is 10.6 Å². The number of aliphatic carboxylic acids is 1. The zero-order valence-electron chi connectivity index (χ0n) is 13.3. The number of carbonyl (C=O) groups excluding carboxylic acids is 1. The van der Waals surface area contributed by atoms with Crippen molar-refractivity contribution in [2.24, 2.45) is 5.41 Å². The van der Waals surface area contributed by atoms with E-state index in [1.165, 1.54) is 0 Å². The molecule has 1 fully saturated rings. The first-order valence-electron chi connectivity index (χ1n) is 7.60. The molecule has 1 aliphatic carbocycles. The molecule has 6 heteroatoms. The molecule has 0 saturated heterocycles. The van der Waals surface area contributed by atoms with Gasteiger partial charge in [-0.2, -0.15) is 0 Å². The van der Waals surface area contributed by atoms with Crippen LogP contribution in [-0.4, -0.2) is 42.9 Å². The molecule has 21 heavy (non-hydrogen) atoms. The Balaban J connectivity index is 2.57. The van der Waals surface area contributed by atoms with Crippen LogP contribution in [0.5, 0.6) is 0 Å². The second kappa shape index (κ2) is 7.64. The van der Waals surface area contributed by atoms with E-state index in [1.54, 1.807) is 7.11 Å². The van der Waals surface area contributed by atoms with Crippen molar-refractivity contribution in [2.45, 2.75) is 57.9 Å². The molecule has 3 N–H and O–H groups in total. The summed E-state index contributed by atoms with van der Waals surface area (Å²) >= 11 is 0. The van der Waals surface area contributed by atoms with E-state index in [0.717, 1.165) is 25.7 Å². The highest BCUT2D eigenvalue weighted by molar-refractivity contribution is 5.78. The number of rotatable bonds is 6. The van der Waals surface area contributed by atoms with E-state index in [4.69, 9.17) is 4.74 Å². The first-order valence-corrected chi connectivity index (χ1v) is 7.60. The number of amides is 2. The Labute approximate surface area is 126 Å². The number of carbonyl (C=O) groups is 2. The maximum atomic E-state index is 12.0. The number of nitrogens with one attached hydrogen (secondary N) is 2. The predicted octanol–water partition coefficient (Wildman–Crippen LogP) is 2.14. The van der Waals surface area contributed by atoms with E-state index >= 15 is 0 Å². The van der Waals surface area contributed by atoms with Crippen LogP contribution in [0.15, 0.2) is 0 Å². The van der Waals surface area contributed by atoms with Crippen molar-refractivity contribution in [3.63, 3.8) is 0 Å². The van der Waals surface area contributed by atoms with Gasteiger partial charge < -0.3 is 20.5 Å². The fourth-order valence-corrected chi connectivity index (χ4v) is 2.87. The van der Waals surface area contributed by atoms with Gasteiger partial charge in [0.25, 0.3) is 0 Å². The van der Waals surface area contributed by atoms with Crippen LogP contribution >= 0.6 is 0 Å². The summed E-state index contributed by atoms with van der Waals surface area (Å²) in [5, 5.41) is 15.1. The molecule has 0 unspecified atom stereocenters. The second-order valence-corrected chi connectivity index (χ2v) is 6.62. The lowest BCUT2D eigenvalue weighted by atomic mass is 9.80. The van der Waals surface area contributed by atoms with E-state index in [9.17, 15) is 14.7 Å². The monoisotopic (exact) mass is 300 g/mol. The Morgan fingerprint density at radius 1 is 1.19 bits per heavy atom. The van der Waals surface area contributed by atoms with Crippen LogP contribution in [0, 0.1) is 5.41 Å². The highest BCUT2D eigenvalue weighted by atomic mass is 16.5. The zero-order valence-corrected chi connectivity index (χ0v) is 13.3. The molecule has 0 atom stereocenters. The van der Waals surface area contributed by atoms with Crippen LogP contribution in [-0.2, 0) is 9.53 Å². The molecule has 2 amide bonds. The van der Waals surface area contributed by atoms with Gasteiger partial charge in [0, 0.05) is 13.7 Å². The summed E-state index contributed by atoms with van der Waals surface area (Å²) in [6.45, 7) is 4.28.